The van der Waals surface area contributed by atoms with Gasteiger partial charge in [0.25, 0.3) is 0 Å². The van der Waals surface area contributed by atoms with Gasteiger partial charge in [-0.2, -0.15) is 0 Å². The van der Waals surface area contributed by atoms with Gasteiger partial charge >= 0.3 is 0 Å². The molecular formula is C22H27FN2O2. The number of likely N-dealkylation sites (N-methyl/N-ethyl adjacent to an activating group) is 1. The van der Waals surface area contributed by atoms with Crippen molar-refractivity contribution in [1.82, 2.24) is 4.90 Å². The fraction of sp³-hybridized carbons (Fsp3) is 0.409. The van der Waals surface area contributed by atoms with Gasteiger partial charge in [0.1, 0.15) is 11.6 Å². The molecule has 0 saturated carbocycles. The third kappa shape index (κ3) is 4.86. The van der Waals surface area contributed by atoms with Gasteiger partial charge in [0.05, 0.1) is 13.7 Å². The Morgan fingerprint density at radius 2 is 1.89 bits per heavy atom. The number of amides is 1. The molecule has 0 bridgehead atoms. The molecule has 1 aliphatic heterocycles. The van der Waals surface area contributed by atoms with Crippen LogP contribution in [-0.2, 0) is 11.2 Å². The average molecular weight is 370 g/mol. The lowest BCUT2D eigenvalue weighted by atomic mass is 10.0. The van der Waals surface area contributed by atoms with Crippen LogP contribution in [0.5, 0.6) is 5.75 Å². The van der Waals surface area contributed by atoms with Crippen molar-refractivity contribution in [2.24, 2.45) is 0 Å². The third-order valence-electron chi connectivity index (χ3n) is 5.22. The van der Waals surface area contributed by atoms with Crippen LogP contribution in [0.1, 0.15) is 25.3 Å². The second kappa shape index (κ2) is 9.00. The number of halogens is 1. The van der Waals surface area contributed by atoms with Crippen LogP contribution in [0.3, 0.4) is 0 Å². The number of carbonyl (C=O) groups excluding carboxylic acids is 1. The highest BCUT2D eigenvalue weighted by atomic mass is 19.1. The topological polar surface area (TPSA) is 32.8 Å². The standard InChI is InChI=1S/C22H27FN2O2/c1-3-25(19-10-8-18(23)9-11-19)22(26)16-24-14-4-5-20(24)15-17-6-12-21(27-2)13-7-17/h6-13,20H,3-5,14-16H2,1-2H3. The fourth-order valence-corrected chi connectivity index (χ4v) is 3.75. The van der Waals surface area contributed by atoms with E-state index in [4.69, 9.17) is 4.74 Å². The minimum absolute atomic E-state index is 0.0609. The van der Waals surface area contributed by atoms with Gasteiger partial charge in [-0.1, -0.05) is 12.1 Å². The van der Waals surface area contributed by atoms with Crippen LogP contribution < -0.4 is 9.64 Å². The summed E-state index contributed by atoms with van der Waals surface area (Å²) in [6, 6.07) is 14.6. The van der Waals surface area contributed by atoms with Crippen molar-refractivity contribution in [3.63, 3.8) is 0 Å². The Hall–Kier alpha value is -2.40. The van der Waals surface area contributed by atoms with E-state index in [1.807, 2.05) is 19.1 Å². The largest absolute Gasteiger partial charge is 0.497 e. The molecular weight excluding hydrogens is 343 g/mol. The third-order valence-corrected chi connectivity index (χ3v) is 5.22. The van der Waals surface area contributed by atoms with Crippen LogP contribution in [0.25, 0.3) is 0 Å². The predicted molar refractivity (Wildman–Crippen MR) is 106 cm³/mol. The molecule has 1 fully saturated rings. The van der Waals surface area contributed by atoms with E-state index in [9.17, 15) is 9.18 Å². The second-order valence-electron chi connectivity index (χ2n) is 6.93. The Kier molecular flexibility index (Phi) is 6.45. The van der Waals surface area contributed by atoms with Gasteiger partial charge in [-0.05, 0) is 74.7 Å². The summed E-state index contributed by atoms with van der Waals surface area (Å²) in [4.78, 5) is 16.9. The number of ether oxygens (including phenoxy) is 1. The summed E-state index contributed by atoms with van der Waals surface area (Å²) in [5.74, 6) is 0.627. The number of rotatable bonds is 7. The van der Waals surface area contributed by atoms with E-state index >= 15 is 0 Å². The van der Waals surface area contributed by atoms with Gasteiger partial charge < -0.3 is 9.64 Å². The number of hydrogen-bond acceptors (Lipinski definition) is 3. The maximum absolute atomic E-state index is 13.2. The first-order valence-corrected chi connectivity index (χ1v) is 9.53. The highest BCUT2D eigenvalue weighted by Crippen LogP contribution is 2.23. The van der Waals surface area contributed by atoms with E-state index in [2.05, 4.69) is 17.0 Å². The zero-order valence-corrected chi connectivity index (χ0v) is 16.0. The van der Waals surface area contributed by atoms with Gasteiger partial charge in [-0.15, -0.1) is 0 Å². The minimum atomic E-state index is -0.290. The predicted octanol–water partition coefficient (Wildman–Crippen LogP) is 3.89. The molecule has 27 heavy (non-hydrogen) atoms. The summed E-state index contributed by atoms with van der Waals surface area (Å²) >= 11 is 0. The second-order valence-corrected chi connectivity index (χ2v) is 6.93. The monoisotopic (exact) mass is 370 g/mol. The van der Waals surface area contributed by atoms with Crippen LogP contribution in [0.2, 0.25) is 0 Å². The number of benzene rings is 2. The van der Waals surface area contributed by atoms with E-state index in [1.54, 1.807) is 24.1 Å². The first kappa shape index (κ1) is 19.4. The van der Waals surface area contributed by atoms with E-state index in [-0.39, 0.29) is 11.7 Å². The molecule has 1 saturated heterocycles. The van der Waals surface area contributed by atoms with E-state index in [0.29, 0.717) is 19.1 Å². The smallest absolute Gasteiger partial charge is 0.241 e. The average Bonchev–Trinajstić information content (AvgIpc) is 3.11. The molecule has 3 rings (SSSR count). The Morgan fingerprint density at radius 3 is 2.52 bits per heavy atom. The molecule has 5 heteroatoms. The molecule has 1 amide bonds. The van der Waals surface area contributed by atoms with Crippen molar-refractivity contribution in [2.45, 2.75) is 32.2 Å². The molecule has 144 valence electrons. The lowest BCUT2D eigenvalue weighted by molar-refractivity contribution is -0.119. The maximum atomic E-state index is 13.2. The molecule has 0 radical (unpaired) electrons. The number of anilines is 1. The van der Waals surface area contributed by atoms with Crippen molar-refractivity contribution in [1.29, 1.82) is 0 Å². The number of carbonyl (C=O) groups is 1. The summed E-state index contributed by atoms with van der Waals surface area (Å²) in [5, 5.41) is 0. The minimum Gasteiger partial charge on any atom is -0.497 e. The quantitative estimate of drug-likeness (QED) is 0.741. The van der Waals surface area contributed by atoms with Crippen LogP contribution in [-0.4, -0.2) is 43.6 Å². The molecule has 2 aromatic carbocycles. The summed E-state index contributed by atoms with van der Waals surface area (Å²) in [6.07, 6.45) is 3.14. The van der Waals surface area contributed by atoms with Crippen molar-refractivity contribution < 1.29 is 13.9 Å². The van der Waals surface area contributed by atoms with E-state index < -0.39 is 0 Å². The Morgan fingerprint density at radius 1 is 1.19 bits per heavy atom. The van der Waals surface area contributed by atoms with Gasteiger partial charge in [-0.25, -0.2) is 4.39 Å². The van der Waals surface area contributed by atoms with Crippen molar-refractivity contribution >= 4 is 11.6 Å². The molecule has 0 aliphatic carbocycles. The van der Waals surface area contributed by atoms with E-state index in [0.717, 1.165) is 37.2 Å². The first-order valence-electron chi connectivity index (χ1n) is 9.53. The molecule has 2 aromatic rings. The van der Waals surface area contributed by atoms with Crippen LogP contribution in [0.4, 0.5) is 10.1 Å². The fourth-order valence-electron chi connectivity index (χ4n) is 3.75. The molecule has 0 spiro atoms. The van der Waals surface area contributed by atoms with Crippen LogP contribution >= 0.6 is 0 Å². The zero-order valence-electron chi connectivity index (χ0n) is 16.0. The van der Waals surface area contributed by atoms with Crippen molar-refractivity contribution in [3.05, 3.63) is 59.9 Å². The van der Waals surface area contributed by atoms with Crippen LogP contribution in [0, 0.1) is 5.82 Å². The van der Waals surface area contributed by atoms with Gasteiger partial charge in [0.2, 0.25) is 5.91 Å². The molecule has 1 unspecified atom stereocenters. The first-order chi connectivity index (χ1) is 13.1. The number of nitrogens with zero attached hydrogens (tertiary/aromatic N) is 2. The summed E-state index contributed by atoms with van der Waals surface area (Å²) in [5.41, 5.74) is 2.00. The highest BCUT2D eigenvalue weighted by molar-refractivity contribution is 5.94. The summed E-state index contributed by atoms with van der Waals surface area (Å²) in [7, 11) is 1.67. The zero-order chi connectivity index (χ0) is 19.2. The van der Waals surface area contributed by atoms with Gasteiger partial charge in [0, 0.05) is 18.3 Å². The SMILES string of the molecule is CCN(C(=O)CN1CCCC1Cc1ccc(OC)cc1)c1ccc(F)cc1. The molecule has 1 aliphatic rings. The highest BCUT2D eigenvalue weighted by Gasteiger charge is 2.28. The molecule has 1 atom stereocenters. The normalized spacial score (nSPS) is 17.1. The molecule has 0 N–H and O–H groups in total. The maximum Gasteiger partial charge on any atom is 0.241 e. The van der Waals surface area contributed by atoms with E-state index in [1.165, 1.54) is 17.7 Å². The molecule has 0 aromatic heterocycles. The Bertz CT molecular complexity index is 746. The molecule has 1 heterocycles. The van der Waals surface area contributed by atoms with Gasteiger partial charge in [-0.3, -0.25) is 9.69 Å². The summed E-state index contributed by atoms with van der Waals surface area (Å²) < 4.78 is 18.4. The lowest BCUT2D eigenvalue weighted by Crippen LogP contribution is -2.43. The van der Waals surface area contributed by atoms with Crippen molar-refractivity contribution in [3.8, 4) is 5.75 Å². The van der Waals surface area contributed by atoms with Crippen LogP contribution in [0.15, 0.2) is 48.5 Å². The molecule has 4 nitrogen and oxygen atoms in total. The number of likely N-dealkylation sites (tertiary alicyclic amines) is 1. The summed E-state index contributed by atoms with van der Waals surface area (Å²) in [6.45, 7) is 3.85. The number of hydrogen-bond donors (Lipinski definition) is 0. The number of methoxy groups -OCH3 is 1. The lowest BCUT2D eigenvalue weighted by Gasteiger charge is -2.28. The Balaban J connectivity index is 1.63. The van der Waals surface area contributed by atoms with Crippen molar-refractivity contribution in [2.75, 3.05) is 31.6 Å². The van der Waals surface area contributed by atoms with Gasteiger partial charge in [0.15, 0.2) is 0 Å². The Labute approximate surface area is 160 Å².